The summed E-state index contributed by atoms with van der Waals surface area (Å²) in [4.78, 5) is 23.5. The molecule has 26 heavy (non-hydrogen) atoms. The van der Waals surface area contributed by atoms with Crippen LogP contribution in [0.3, 0.4) is 0 Å². The largest absolute Gasteiger partial charge is 0.345 e. The van der Waals surface area contributed by atoms with E-state index < -0.39 is 0 Å². The highest BCUT2D eigenvalue weighted by atomic mass is 79.9. The topological polar surface area (TPSA) is 102 Å². The summed E-state index contributed by atoms with van der Waals surface area (Å²) in [5, 5.41) is 17.0. The van der Waals surface area contributed by atoms with Gasteiger partial charge < -0.3 is 10.6 Å². The minimum atomic E-state index is -0.289. The minimum Gasteiger partial charge on any atom is -0.345 e. The highest BCUT2D eigenvalue weighted by molar-refractivity contribution is 9.10. The van der Waals surface area contributed by atoms with Crippen LogP contribution in [0.4, 0.5) is 5.69 Å². The van der Waals surface area contributed by atoms with Gasteiger partial charge in [0.05, 0.1) is 12.2 Å². The van der Waals surface area contributed by atoms with Gasteiger partial charge in [-0.1, -0.05) is 22.0 Å². The van der Waals surface area contributed by atoms with Crippen molar-refractivity contribution in [2.45, 2.75) is 13.5 Å². The first-order valence-electron chi connectivity index (χ1n) is 7.72. The Kier molecular flexibility index (Phi) is 5.37. The summed E-state index contributed by atoms with van der Waals surface area (Å²) in [6.45, 7) is 1.57. The lowest BCUT2D eigenvalue weighted by Crippen LogP contribution is -2.25. The number of carbonyl (C=O) groups excluding carboxylic acids is 2. The first-order valence-corrected chi connectivity index (χ1v) is 8.51. The number of hydrogen-bond donors (Lipinski definition) is 2. The molecule has 3 rings (SSSR count). The fourth-order valence-corrected chi connectivity index (χ4v) is 2.57. The van der Waals surface area contributed by atoms with Crippen LogP contribution in [0.25, 0.3) is 5.69 Å². The standard InChI is InChI=1S/C17H15BrN6O2/c1-11(25)20-14-4-2-3-12(9-14)17(26)19-10-16-21-22-23-24(16)15-7-5-13(18)6-8-15/h2-9H,10H2,1H3,(H,19,26)(H,20,25). The van der Waals surface area contributed by atoms with E-state index >= 15 is 0 Å². The van der Waals surface area contributed by atoms with Gasteiger partial charge in [-0.15, -0.1) is 5.10 Å². The summed E-state index contributed by atoms with van der Waals surface area (Å²) in [6, 6.07) is 14.2. The Morgan fingerprint density at radius 3 is 2.65 bits per heavy atom. The van der Waals surface area contributed by atoms with Crippen LogP contribution in [0.15, 0.2) is 53.0 Å². The summed E-state index contributed by atoms with van der Waals surface area (Å²) < 4.78 is 2.50. The molecule has 2 N–H and O–H groups in total. The van der Waals surface area contributed by atoms with Crippen molar-refractivity contribution in [3.8, 4) is 5.69 Å². The molecule has 0 unspecified atom stereocenters. The van der Waals surface area contributed by atoms with Crippen molar-refractivity contribution in [3.05, 3.63) is 64.4 Å². The number of rotatable bonds is 5. The van der Waals surface area contributed by atoms with E-state index in [2.05, 4.69) is 42.1 Å². The van der Waals surface area contributed by atoms with Gasteiger partial charge in [-0.05, 0) is 52.9 Å². The van der Waals surface area contributed by atoms with E-state index in [0.717, 1.165) is 10.2 Å². The van der Waals surface area contributed by atoms with Gasteiger partial charge in [0, 0.05) is 22.6 Å². The molecule has 0 saturated carbocycles. The SMILES string of the molecule is CC(=O)Nc1cccc(C(=O)NCc2nnnn2-c2ccc(Br)cc2)c1. The maximum Gasteiger partial charge on any atom is 0.251 e. The number of nitrogens with zero attached hydrogens (tertiary/aromatic N) is 4. The van der Waals surface area contributed by atoms with Crippen LogP contribution in [-0.2, 0) is 11.3 Å². The van der Waals surface area contributed by atoms with Crippen molar-refractivity contribution < 1.29 is 9.59 Å². The lowest BCUT2D eigenvalue weighted by Gasteiger charge is -2.08. The molecule has 0 aliphatic rings. The maximum atomic E-state index is 12.4. The van der Waals surface area contributed by atoms with Crippen molar-refractivity contribution in [1.29, 1.82) is 0 Å². The van der Waals surface area contributed by atoms with E-state index in [1.165, 1.54) is 6.92 Å². The number of hydrogen-bond acceptors (Lipinski definition) is 5. The monoisotopic (exact) mass is 414 g/mol. The van der Waals surface area contributed by atoms with Crippen LogP contribution in [0.1, 0.15) is 23.1 Å². The Hall–Kier alpha value is -3.07. The number of tetrazole rings is 1. The van der Waals surface area contributed by atoms with Crippen LogP contribution < -0.4 is 10.6 Å². The summed E-state index contributed by atoms with van der Waals surface area (Å²) >= 11 is 3.38. The average Bonchev–Trinajstić information content (AvgIpc) is 3.08. The number of halogens is 1. The molecule has 0 fully saturated rings. The molecule has 1 aromatic heterocycles. The van der Waals surface area contributed by atoms with Crippen molar-refractivity contribution in [3.63, 3.8) is 0 Å². The summed E-state index contributed by atoms with van der Waals surface area (Å²) in [5.74, 6) is 0.0116. The summed E-state index contributed by atoms with van der Waals surface area (Å²) in [6.07, 6.45) is 0. The first kappa shape index (κ1) is 17.7. The molecule has 2 aromatic carbocycles. The minimum absolute atomic E-state index is 0.159. The van der Waals surface area contributed by atoms with Gasteiger partial charge in [0.1, 0.15) is 0 Å². The number of anilines is 1. The first-order chi connectivity index (χ1) is 12.5. The second kappa shape index (κ2) is 7.87. The molecular formula is C17H15BrN6O2. The van der Waals surface area contributed by atoms with Gasteiger partial charge >= 0.3 is 0 Å². The second-order valence-corrected chi connectivity index (χ2v) is 6.34. The fourth-order valence-electron chi connectivity index (χ4n) is 2.30. The lowest BCUT2D eigenvalue weighted by molar-refractivity contribution is -0.114. The predicted octanol–water partition coefficient (Wildman–Crippen LogP) is 2.31. The molecule has 0 radical (unpaired) electrons. The summed E-state index contributed by atoms with van der Waals surface area (Å²) in [5.41, 5.74) is 1.78. The van der Waals surface area contributed by atoms with Gasteiger partial charge in [0.2, 0.25) is 5.91 Å². The molecule has 0 saturated heterocycles. The van der Waals surface area contributed by atoms with Gasteiger partial charge in [-0.25, -0.2) is 0 Å². The Morgan fingerprint density at radius 1 is 1.15 bits per heavy atom. The Bertz CT molecular complexity index is 938. The highest BCUT2D eigenvalue weighted by Crippen LogP contribution is 2.14. The maximum absolute atomic E-state index is 12.4. The second-order valence-electron chi connectivity index (χ2n) is 5.43. The van der Waals surface area contributed by atoms with Crippen molar-refractivity contribution >= 4 is 33.4 Å². The van der Waals surface area contributed by atoms with E-state index in [-0.39, 0.29) is 18.4 Å². The van der Waals surface area contributed by atoms with E-state index in [1.807, 2.05) is 24.3 Å². The molecule has 1 heterocycles. The number of carbonyl (C=O) groups is 2. The van der Waals surface area contributed by atoms with Crippen LogP contribution in [0.2, 0.25) is 0 Å². The molecule has 0 bridgehead atoms. The zero-order valence-corrected chi connectivity index (χ0v) is 15.4. The molecule has 0 spiro atoms. The number of amides is 2. The lowest BCUT2D eigenvalue weighted by atomic mass is 10.2. The average molecular weight is 415 g/mol. The third-order valence-electron chi connectivity index (χ3n) is 3.46. The number of nitrogens with one attached hydrogen (secondary N) is 2. The number of benzene rings is 2. The molecule has 132 valence electrons. The molecule has 8 nitrogen and oxygen atoms in total. The Morgan fingerprint density at radius 2 is 1.92 bits per heavy atom. The third kappa shape index (κ3) is 4.31. The molecular weight excluding hydrogens is 400 g/mol. The van der Waals surface area contributed by atoms with E-state index in [0.29, 0.717) is 17.1 Å². The Labute approximate surface area is 157 Å². The fraction of sp³-hybridized carbons (Fsp3) is 0.118. The highest BCUT2D eigenvalue weighted by Gasteiger charge is 2.11. The molecule has 2 amide bonds. The van der Waals surface area contributed by atoms with Gasteiger partial charge in [0.15, 0.2) is 5.82 Å². The number of aromatic nitrogens is 4. The quantitative estimate of drug-likeness (QED) is 0.666. The third-order valence-corrected chi connectivity index (χ3v) is 3.99. The van der Waals surface area contributed by atoms with Crippen LogP contribution in [0.5, 0.6) is 0 Å². The van der Waals surface area contributed by atoms with E-state index in [1.54, 1.807) is 28.9 Å². The van der Waals surface area contributed by atoms with Crippen molar-refractivity contribution in [2.75, 3.05) is 5.32 Å². The van der Waals surface area contributed by atoms with E-state index in [9.17, 15) is 9.59 Å². The zero-order chi connectivity index (χ0) is 18.5. The predicted molar refractivity (Wildman–Crippen MR) is 98.8 cm³/mol. The molecule has 0 aliphatic carbocycles. The van der Waals surface area contributed by atoms with Crippen LogP contribution >= 0.6 is 15.9 Å². The van der Waals surface area contributed by atoms with Gasteiger partial charge in [-0.2, -0.15) is 4.68 Å². The smallest absolute Gasteiger partial charge is 0.251 e. The van der Waals surface area contributed by atoms with E-state index in [4.69, 9.17) is 0 Å². The normalized spacial score (nSPS) is 10.4. The van der Waals surface area contributed by atoms with Crippen LogP contribution in [0, 0.1) is 0 Å². The van der Waals surface area contributed by atoms with Gasteiger partial charge in [-0.3, -0.25) is 9.59 Å². The summed E-state index contributed by atoms with van der Waals surface area (Å²) in [7, 11) is 0. The van der Waals surface area contributed by atoms with Gasteiger partial charge in [0.25, 0.3) is 5.91 Å². The zero-order valence-electron chi connectivity index (χ0n) is 13.8. The van der Waals surface area contributed by atoms with Crippen molar-refractivity contribution in [1.82, 2.24) is 25.5 Å². The van der Waals surface area contributed by atoms with Crippen LogP contribution in [-0.4, -0.2) is 32.0 Å². The molecule has 3 aromatic rings. The molecule has 0 aliphatic heterocycles. The molecule has 0 atom stereocenters. The molecule has 9 heteroatoms. The Balaban J connectivity index is 1.70. The van der Waals surface area contributed by atoms with Crippen molar-refractivity contribution in [2.24, 2.45) is 0 Å².